The topological polar surface area (TPSA) is 96.5 Å². The summed E-state index contributed by atoms with van der Waals surface area (Å²) < 4.78 is 32.3. The minimum absolute atomic E-state index is 0.245. The molecule has 10 heteroatoms. The number of ether oxygens (including phenoxy) is 1. The summed E-state index contributed by atoms with van der Waals surface area (Å²) in [5.41, 5.74) is 4.59. The molecular weight excluding hydrogens is 494 g/mol. The van der Waals surface area contributed by atoms with Gasteiger partial charge in [-0.15, -0.1) is 11.3 Å². The molecule has 1 aliphatic heterocycles. The first-order valence-corrected chi connectivity index (χ1v) is 14.7. The summed E-state index contributed by atoms with van der Waals surface area (Å²) in [5, 5.41) is 5.34. The van der Waals surface area contributed by atoms with Crippen molar-refractivity contribution in [3.63, 3.8) is 0 Å². The first kappa shape index (κ1) is 24.6. The second kappa shape index (κ2) is 10.9. The van der Waals surface area contributed by atoms with E-state index in [1.54, 1.807) is 11.3 Å². The molecule has 4 aromatic rings. The zero-order valence-corrected chi connectivity index (χ0v) is 21.7. The maximum Gasteiger partial charge on any atom is 0.227 e. The van der Waals surface area contributed by atoms with Gasteiger partial charge in [0.2, 0.25) is 16.0 Å². The molecule has 3 heterocycles. The largest absolute Gasteiger partial charge is 0.492 e. The maximum absolute atomic E-state index is 11.5. The monoisotopic (exact) mass is 523 g/mol. The van der Waals surface area contributed by atoms with Gasteiger partial charge in [0.15, 0.2) is 0 Å². The average Bonchev–Trinajstić information content (AvgIpc) is 3.54. The van der Waals surface area contributed by atoms with Gasteiger partial charge in [0.05, 0.1) is 22.7 Å². The molecule has 188 valence electrons. The van der Waals surface area contributed by atoms with Crippen molar-refractivity contribution in [1.29, 1.82) is 0 Å². The molecule has 0 bridgehead atoms. The fraction of sp³-hybridized carbons (Fsp3) is 0.308. The normalized spacial score (nSPS) is 14.4. The van der Waals surface area contributed by atoms with Crippen molar-refractivity contribution in [3.05, 3.63) is 65.7 Å². The van der Waals surface area contributed by atoms with Gasteiger partial charge in [-0.3, -0.25) is 4.90 Å². The summed E-state index contributed by atoms with van der Waals surface area (Å²) in [4.78, 5) is 11.7. The van der Waals surface area contributed by atoms with E-state index in [-0.39, 0.29) is 6.54 Å². The highest BCUT2D eigenvalue weighted by Gasteiger charge is 2.12. The van der Waals surface area contributed by atoms with Crippen molar-refractivity contribution >= 4 is 43.2 Å². The molecule has 8 nitrogen and oxygen atoms in total. The number of anilines is 2. The lowest BCUT2D eigenvalue weighted by Gasteiger charge is -2.15. The lowest BCUT2D eigenvalue weighted by Crippen LogP contribution is -2.25. The Hall–Kier alpha value is -3.05. The van der Waals surface area contributed by atoms with Crippen LogP contribution in [0.25, 0.3) is 21.3 Å². The van der Waals surface area contributed by atoms with E-state index in [1.807, 2.05) is 54.7 Å². The van der Waals surface area contributed by atoms with E-state index < -0.39 is 10.0 Å². The number of fused-ring (bicyclic) bond motifs is 1. The molecule has 36 heavy (non-hydrogen) atoms. The molecule has 1 fully saturated rings. The van der Waals surface area contributed by atoms with Crippen LogP contribution in [0.3, 0.4) is 0 Å². The van der Waals surface area contributed by atoms with E-state index in [1.165, 1.54) is 25.9 Å². The van der Waals surface area contributed by atoms with Crippen molar-refractivity contribution in [1.82, 2.24) is 19.6 Å². The Balaban J connectivity index is 1.27. The molecule has 0 atom stereocenters. The van der Waals surface area contributed by atoms with E-state index in [4.69, 9.17) is 9.72 Å². The second-order valence-electron chi connectivity index (χ2n) is 8.90. The van der Waals surface area contributed by atoms with E-state index in [2.05, 4.69) is 25.3 Å². The number of hydrogen-bond acceptors (Lipinski definition) is 8. The fourth-order valence-corrected chi connectivity index (χ4v) is 5.52. The smallest absolute Gasteiger partial charge is 0.227 e. The lowest BCUT2D eigenvalue weighted by molar-refractivity contribution is 0.238. The SMILES string of the molecule is CS(=O)(=O)NCc1cccc(-c2csc3cnc(Nc4ccc(OCCN5CCCC5)cc4)nc23)c1. The van der Waals surface area contributed by atoms with Crippen LogP contribution >= 0.6 is 11.3 Å². The highest BCUT2D eigenvalue weighted by molar-refractivity contribution is 7.88. The molecule has 2 N–H and O–H groups in total. The van der Waals surface area contributed by atoms with Gasteiger partial charge >= 0.3 is 0 Å². The third-order valence-electron chi connectivity index (χ3n) is 6.08. The summed E-state index contributed by atoms with van der Waals surface area (Å²) in [6.45, 7) is 4.25. The van der Waals surface area contributed by atoms with Crippen LogP contribution in [-0.2, 0) is 16.6 Å². The second-order valence-corrected chi connectivity index (χ2v) is 11.6. The summed E-state index contributed by atoms with van der Waals surface area (Å²) in [7, 11) is -3.26. The van der Waals surface area contributed by atoms with Gasteiger partial charge in [-0.25, -0.2) is 23.1 Å². The number of likely N-dealkylation sites (tertiary alicyclic amines) is 1. The maximum atomic E-state index is 11.5. The predicted molar refractivity (Wildman–Crippen MR) is 145 cm³/mol. The lowest BCUT2D eigenvalue weighted by atomic mass is 10.0. The Labute approximate surface area is 215 Å². The van der Waals surface area contributed by atoms with Crippen LogP contribution in [0.2, 0.25) is 0 Å². The number of thiophene rings is 1. The van der Waals surface area contributed by atoms with Gasteiger partial charge in [-0.1, -0.05) is 18.2 Å². The molecule has 0 amide bonds. The van der Waals surface area contributed by atoms with Gasteiger partial charge in [0.1, 0.15) is 12.4 Å². The van der Waals surface area contributed by atoms with Crippen molar-refractivity contribution in [2.75, 3.05) is 37.8 Å². The molecule has 5 rings (SSSR count). The van der Waals surface area contributed by atoms with Crippen LogP contribution in [0, 0.1) is 0 Å². The Bertz CT molecular complexity index is 1430. The molecule has 0 aliphatic carbocycles. The predicted octanol–water partition coefficient (Wildman–Crippen LogP) is 4.63. The molecule has 1 aliphatic rings. The van der Waals surface area contributed by atoms with Gasteiger partial charge < -0.3 is 10.1 Å². The fourth-order valence-electron chi connectivity index (χ4n) is 4.22. The van der Waals surface area contributed by atoms with Gasteiger partial charge in [0.25, 0.3) is 0 Å². The third-order valence-corrected chi connectivity index (χ3v) is 7.65. The van der Waals surface area contributed by atoms with E-state index in [9.17, 15) is 8.42 Å². The molecule has 0 unspecified atom stereocenters. The Morgan fingerprint density at radius 2 is 1.92 bits per heavy atom. The number of benzene rings is 2. The van der Waals surface area contributed by atoms with Crippen LogP contribution in [0.15, 0.2) is 60.1 Å². The van der Waals surface area contributed by atoms with Gasteiger partial charge in [0, 0.05) is 29.7 Å². The summed E-state index contributed by atoms with van der Waals surface area (Å²) in [5.74, 6) is 1.36. The number of nitrogens with one attached hydrogen (secondary N) is 2. The Morgan fingerprint density at radius 1 is 1.11 bits per heavy atom. The molecule has 2 aromatic carbocycles. The first-order chi connectivity index (χ1) is 17.4. The standard InChI is InChI=1S/C26H29N5O3S2/c1-36(32,33)28-16-19-5-4-6-20(15-19)23-18-35-24-17-27-26(30-25(23)24)29-21-7-9-22(10-8-21)34-14-13-31-11-2-3-12-31/h4-10,15,17-18,28H,2-3,11-14,16H2,1H3,(H,27,29,30). The molecule has 0 saturated carbocycles. The van der Waals surface area contributed by atoms with Crippen LogP contribution in [-0.4, -0.2) is 55.8 Å². The molecule has 2 aromatic heterocycles. The first-order valence-electron chi connectivity index (χ1n) is 11.9. The Kier molecular flexibility index (Phi) is 7.47. The van der Waals surface area contributed by atoms with E-state index >= 15 is 0 Å². The van der Waals surface area contributed by atoms with Crippen molar-refractivity contribution in [3.8, 4) is 16.9 Å². The van der Waals surface area contributed by atoms with Crippen LogP contribution in [0.1, 0.15) is 18.4 Å². The minimum atomic E-state index is -3.26. The summed E-state index contributed by atoms with van der Waals surface area (Å²) in [6, 6.07) is 15.6. The number of hydrogen-bond donors (Lipinski definition) is 2. The average molecular weight is 524 g/mol. The van der Waals surface area contributed by atoms with Crippen LogP contribution in [0.5, 0.6) is 5.75 Å². The summed E-state index contributed by atoms with van der Waals surface area (Å²) >= 11 is 1.58. The minimum Gasteiger partial charge on any atom is -0.492 e. The zero-order valence-electron chi connectivity index (χ0n) is 20.1. The molecule has 1 saturated heterocycles. The van der Waals surface area contributed by atoms with E-state index in [0.717, 1.165) is 51.1 Å². The molecule has 0 radical (unpaired) electrons. The summed E-state index contributed by atoms with van der Waals surface area (Å²) in [6.07, 6.45) is 5.56. The Morgan fingerprint density at radius 3 is 2.69 bits per heavy atom. The highest BCUT2D eigenvalue weighted by atomic mass is 32.2. The van der Waals surface area contributed by atoms with Crippen molar-refractivity contribution in [2.45, 2.75) is 19.4 Å². The number of rotatable bonds is 10. The highest BCUT2D eigenvalue weighted by Crippen LogP contribution is 2.33. The number of nitrogens with zero attached hydrogens (tertiary/aromatic N) is 3. The van der Waals surface area contributed by atoms with Crippen molar-refractivity contribution < 1.29 is 13.2 Å². The third kappa shape index (κ3) is 6.38. The van der Waals surface area contributed by atoms with Crippen LogP contribution < -0.4 is 14.8 Å². The van der Waals surface area contributed by atoms with Gasteiger partial charge in [-0.2, -0.15) is 0 Å². The van der Waals surface area contributed by atoms with E-state index in [0.29, 0.717) is 12.6 Å². The molecular formula is C26H29N5O3S2. The number of aromatic nitrogens is 2. The molecule has 0 spiro atoms. The zero-order chi connectivity index (χ0) is 25.0. The van der Waals surface area contributed by atoms with Gasteiger partial charge in [-0.05, 0) is 67.4 Å². The quantitative estimate of drug-likeness (QED) is 0.313. The van der Waals surface area contributed by atoms with Crippen molar-refractivity contribution in [2.24, 2.45) is 0 Å². The van der Waals surface area contributed by atoms with Crippen LogP contribution in [0.4, 0.5) is 11.6 Å². The number of sulfonamides is 1.